The minimum Gasteiger partial charge on any atom is -0.504 e. The molecule has 1 aromatic rings. The van der Waals surface area contributed by atoms with Gasteiger partial charge < -0.3 is 14.9 Å². The quantitative estimate of drug-likeness (QED) is 0.788. The molecule has 0 atom stereocenters. The predicted octanol–water partition coefficient (Wildman–Crippen LogP) is 2.62. The summed E-state index contributed by atoms with van der Waals surface area (Å²) in [5, 5.41) is 18.5. The molecule has 0 heterocycles. The Morgan fingerprint density at radius 2 is 2.06 bits per heavy atom. The summed E-state index contributed by atoms with van der Waals surface area (Å²) in [6, 6.07) is 3.35. The Kier molecular flexibility index (Phi) is 4.15. The monoisotopic (exact) mass is 236 g/mol. The Morgan fingerprint density at radius 3 is 2.53 bits per heavy atom. The number of hydrogen-bond donors (Lipinski definition) is 2. The minimum absolute atomic E-state index is 0.106. The molecule has 4 heteroatoms. The Balaban J connectivity index is 3.25. The summed E-state index contributed by atoms with van der Waals surface area (Å²) in [6.45, 7) is 3.89. The lowest BCUT2D eigenvalue weighted by atomic mass is 9.98. The Labute approximate surface area is 100 Å². The second-order valence-corrected chi connectivity index (χ2v) is 3.99. The van der Waals surface area contributed by atoms with E-state index in [2.05, 4.69) is 0 Å². The highest BCUT2D eigenvalue weighted by atomic mass is 16.5. The van der Waals surface area contributed by atoms with Gasteiger partial charge in [0.05, 0.1) is 7.11 Å². The number of rotatable bonds is 4. The van der Waals surface area contributed by atoms with E-state index in [-0.39, 0.29) is 11.7 Å². The van der Waals surface area contributed by atoms with E-state index < -0.39 is 5.97 Å². The molecule has 1 rings (SSSR count). The van der Waals surface area contributed by atoms with Crippen molar-refractivity contribution in [3.05, 3.63) is 29.3 Å². The zero-order valence-electron chi connectivity index (χ0n) is 10.1. The van der Waals surface area contributed by atoms with E-state index in [0.29, 0.717) is 11.3 Å². The van der Waals surface area contributed by atoms with Crippen LogP contribution in [-0.2, 0) is 4.79 Å². The van der Waals surface area contributed by atoms with E-state index in [0.717, 1.165) is 11.6 Å². The molecule has 0 fully saturated rings. The number of hydrogen-bond acceptors (Lipinski definition) is 3. The number of phenols is 1. The van der Waals surface area contributed by atoms with Crippen LogP contribution in [0.25, 0.3) is 6.08 Å². The number of carboxylic acid groups (broad SMARTS) is 1. The minimum atomic E-state index is -1.01. The van der Waals surface area contributed by atoms with E-state index >= 15 is 0 Å². The molecule has 0 saturated carbocycles. The summed E-state index contributed by atoms with van der Waals surface area (Å²) in [6.07, 6.45) is 2.52. The first-order valence-electron chi connectivity index (χ1n) is 5.27. The number of carbonyl (C=O) groups is 1. The van der Waals surface area contributed by atoms with Gasteiger partial charge in [0, 0.05) is 11.6 Å². The number of phenolic OH excluding ortho intramolecular Hbond substituents is 1. The van der Waals surface area contributed by atoms with Gasteiger partial charge in [0.15, 0.2) is 11.5 Å². The molecule has 0 unspecified atom stereocenters. The Hall–Kier alpha value is -1.97. The molecule has 4 nitrogen and oxygen atoms in total. The highest BCUT2D eigenvalue weighted by Gasteiger charge is 2.12. The maximum atomic E-state index is 10.4. The second kappa shape index (κ2) is 5.39. The van der Waals surface area contributed by atoms with Crippen molar-refractivity contribution in [3.63, 3.8) is 0 Å². The molecule has 0 spiro atoms. The van der Waals surface area contributed by atoms with Crippen LogP contribution in [0.15, 0.2) is 18.2 Å². The summed E-state index contributed by atoms with van der Waals surface area (Å²) < 4.78 is 5.05. The number of methoxy groups -OCH3 is 1. The summed E-state index contributed by atoms with van der Waals surface area (Å²) in [5.41, 5.74) is 1.42. The van der Waals surface area contributed by atoms with Crippen LogP contribution in [0.2, 0.25) is 0 Å². The van der Waals surface area contributed by atoms with E-state index in [1.165, 1.54) is 13.2 Å². The van der Waals surface area contributed by atoms with Crippen LogP contribution in [0.4, 0.5) is 0 Å². The molecule has 1 aromatic carbocycles. The molecule has 17 heavy (non-hydrogen) atoms. The van der Waals surface area contributed by atoms with E-state index in [9.17, 15) is 9.90 Å². The number of ether oxygens (including phenoxy) is 1. The van der Waals surface area contributed by atoms with E-state index in [1.807, 2.05) is 13.8 Å². The molecule has 0 saturated heterocycles. The van der Waals surface area contributed by atoms with Crippen molar-refractivity contribution in [2.24, 2.45) is 0 Å². The molecule has 0 amide bonds. The van der Waals surface area contributed by atoms with Crippen LogP contribution in [0.5, 0.6) is 11.5 Å². The second-order valence-electron chi connectivity index (χ2n) is 3.99. The van der Waals surface area contributed by atoms with Crippen LogP contribution in [0, 0.1) is 0 Å². The standard InChI is InChI=1S/C13H16O4/c1-8(2)10-6-9(4-5-12(14)15)7-11(17-3)13(10)16/h4-8,16H,1-3H3,(H,14,15)/b5-4+. The molecular weight excluding hydrogens is 220 g/mol. The van der Waals surface area contributed by atoms with Gasteiger partial charge in [-0.2, -0.15) is 0 Å². The molecule has 0 radical (unpaired) electrons. The third-order valence-corrected chi connectivity index (χ3v) is 2.39. The Bertz CT molecular complexity index is 447. The van der Waals surface area contributed by atoms with Crippen molar-refractivity contribution in [1.29, 1.82) is 0 Å². The highest BCUT2D eigenvalue weighted by molar-refractivity contribution is 5.85. The van der Waals surface area contributed by atoms with Gasteiger partial charge in [-0.3, -0.25) is 0 Å². The van der Waals surface area contributed by atoms with Crippen LogP contribution in [0.3, 0.4) is 0 Å². The maximum absolute atomic E-state index is 10.4. The smallest absolute Gasteiger partial charge is 0.328 e. The van der Waals surface area contributed by atoms with Crippen molar-refractivity contribution >= 4 is 12.0 Å². The summed E-state index contributed by atoms with van der Waals surface area (Å²) >= 11 is 0. The normalized spacial score (nSPS) is 11.1. The number of carboxylic acids is 1. The number of aromatic hydroxyl groups is 1. The van der Waals surface area contributed by atoms with Gasteiger partial charge >= 0.3 is 5.97 Å². The van der Waals surface area contributed by atoms with Crippen LogP contribution >= 0.6 is 0 Å². The maximum Gasteiger partial charge on any atom is 0.328 e. The van der Waals surface area contributed by atoms with E-state index in [4.69, 9.17) is 9.84 Å². The van der Waals surface area contributed by atoms with Gasteiger partial charge in [-0.1, -0.05) is 13.8 Å². The molecule has 0 aliphatic heterocycles. The zero-order chi connectivity index (χ0) is 13.0. The topological polar surface area (TPSA) is 66.8 Å². The first-order valence-corrected chi connectivity index (χ1v) is 5.27. The van der Waals surface area contributed by atoms with Gasteiger partial charge in [-0.25, -0.2) is 4.79 Å². The summed E-state index contributed by atoms with van der Waals surface area (Å²) in [7, 11) is 1.46. The summed E-state index contributed by atoms with van der Waals surface area (Å²) in [5.74, 6) is -0.429. The van der Waals surface area contributed by atoms with Crippen LogP contribution in [-0.4, -0.2) is 23.3 Å². The summed E-state index contributed by atoms with van der Waals surface area (Å²) in [4.78, 5) is 10.4. The first-order chi connectivity index (χ1) is 7.95. The van der Waals surface area contributed by atoms with Gasteiger partial charge in [-0.05, 0) is 29.7 Å². The number of aliphatic carboxylic acids is 1. The van der Waals surface area contributed by atoms with Crippen LogP contribution in [0.1, 0.15) is 30.9 Å². The van der Waals surface area contributed by atoms with E-state index in [1.54, 1.807) is 12.1 Å². The predicted molar refractivity (Wildman–Crippen MR) is 65.4 cm³/mol. The van der Waals surface area contributed by atoms with Gasteiger partial charge in [0.2, 0.25) is 0 Å². The molecule has 0 aliphatic rings. The molecule has 2 N–H and O–H groups in total. The van der Waals surface area contributed by atoms with Gasteiger partial charge in [0.1, 0.15) is 0 Å². The lowest BCUT2D eigenvalue weighted by molar-refractivity contribution is -0.131. The van der Waals surface area contributed by atoms with Crippen LogP contribution < -0.4 is 4.74 Å². The largest absolute Gasteiger partial charge is 0.504 e. The average Bonchev–Trinajstić information content (AvgIpc) is 2.27. The highest BCUT2D eigenvalue weighted by Crippen LogP contribution is 2.36. The molecular formula is C13H16O4. The third kappa shape index (κ3) is 3.24. The number of benzene rings is 1. The van der Waals surface area contributed by atoms with Crippen molar-refractivity contribution < 1.29 is 19.7 Å². The fourth-order valence-corrected chi connectivity index (χ4v) is 1.51. The van der Waals surface area contributed by atoms with Crippen molar-refractivity contribution in [2.75, 3.05) is 7.11 Å². The lowest BCUT2D eigenvalue weighted by Crippen LogP contribution is -1.94. The fraction of sp³-hybridized carbons (Fsp3) is 0.308. The molecule has 0 bridgehead atoms. The zero-order valence-corrected chi connectivity index (χ0v) is 10.1. The molecule has 92 valence electrons. The molecule has 0 aromatic heterocycles. The first kappa shape index (κ1) is 13.1. The van der Waals surface area contributed by atoms with Crippen molar-refractivity contribution in [1.82, 2.24) is 0 Å². The average molecular weight is 236 g/mol. The van der Waals surface area contributed by atoms with Gasteiger partial charge in [0.25, 0.3) is 0 Å². The van der Waals surface area contributed by atoms with Crippen molar-refractivity contribution in [2.45, 2.75) is 19.8 Å². The SMILES string of the molecule is COc1cc(/C=C/C(=O)O)cc(C(C)C)c1O. The fourth-order valence-electron chi connectivity index (χ4n) is 1.51. The van der Waals surface area contributed by atoms with Crippen molar-refractivity contribution in [3.8, 4) is 11.5 Å². The Morgan fingerprint density at radius 1 is 1.41 bits per heavy atom. The lowest BCUT2D eigenvalue weighted by Gasteiger charge is -2.13. The molecule has 0 aliphatic carbocycles. The van der Waals surface area contributed by atoms with Gasteiger partial charge in [-0.15, -0.1) is 0 Å². The third-order valence-electron chi connectivity index (χ3n) is 2.39.